The van der Waals surface area contributed by atoms with Crippen molar-refractivity contribution in [2.45, 2.75) is 39.3 Å². The van der Waals surface area contributed by atoms with E-state index in [2.05, 4.69) is 12.0 Å². The summed E-state index contributed by atoms with van der Waals surface area (Å²) in [6, 6.07) is 7.89. The van der Waals surface area contributed by atoms with Crippen molar-refractivity contribution in [1.82, 2.24) is 9.78 Å². The van der Waals surface area contributed by atoms with Crippen molar-refractivity contribution >= 4 is 5.97 Å². The Bertz CT molecular complexity index is 674. The van der Waals surface area contributed by atoms with Gasteiger partial charge < -0.3 is 9.84 Å². The molecule has 0 bridgehead atoms. The summed E-state index contributed by atoms with van der Waals surface area (Å²) in [7, 11) is 0. The minimum Gasteiger partial charge on any atom is -0.476 e. The molecule has 0 fully saturated rings. The number of hydrogen-bond acceptors (Lipinski definition) is 3. The van der Waals surface area contributed by atoms with E-state index in [0.29, 0.717) is 18.0 Å². The second-order valence-electron chi connectivity index (χ2n) is 5.32. The van der Waals surface area contributed by atoms with Crippen LogP contribution in [0.1, 0.15) is 36.3 Å². The lowest BCUT2D eigenvalue weighted by Gasteiger charge is -2.22. The van der Waals surface area contributed by atoms with E-state index >= 15 is 0 Å². The van der Waals surface area contributed by atoms with Crippen molar-refractivity contribution in [2.75, 3.05) is 0 Å². The van der Waals surface area contributed by atoms with Crippen molar-refractivity contribution in [1.29, 1.82) is 0 Å². The highest BCUT2D eigenvalue weighted by atomic mass is 16.5. The number of aromatic nitrogens is 2. The number of rotatable bonds is 3. The molecule has 2 heterocycles. The maximum absolute atomic E-state index is 11.5. The number of benzene rings is 1. The molecule has 1 aliphatic heterocycles. The Balaban J connectivity index is 2.14. The van der Waals surface area contributed by atoms with Gasteiger partial charge in [0.1, 0.15) is 0 Å². The summed E-state index contributed by atoms with van der Waals surface area (Å²) >= 11 is 0. The van der Waals surface area contributed by atoms with Crippen molar-refractivity contribution in [3.05, 3.63) is 35.5 Å². The molecule has 0 spiro atoms. The van der Waals surface area contributed by atoms with Gasteiger partial charge in [-0.1, -0.05) is 31.2 Å². The molecular formula is C16H18N2O3. The third kappa shape index (κ3) is 2.39. The number of fused-ring (bicyclic) bond motifs is 1. The van der Waals surface area contributed by atoms with Gasteiger partial charge in [0.05, 0.1) is 11.7 Å². The fourth-order valence-corrected chi connectivity index (χ4v) is 2.59. The van der Waals surface area contributed by atoms with Crippen LogP contribution in [0.5, 0.6) is 5.88 Å². The number of ether oxygens (including phenoxy) is 1. The third-order valence-corrected chi connectivity index (χ3v) is 3.82. The fourth-order valence-electron chi connectivity index (χ4n) is 2.59. The Morgan fingerprint density at radius 2 is 2.14 bits per heavy atom. The number of aryl methyl sites for hydroxylation is 2. The molecule has 1 aliphatic rings. The number of carboxylic acid groups (broad SMARTS) is 1. The first-order valence-electron chi connectivity index (χ1n) is 7.20. The number of carbonyl (C=O) groups is 1. The Kier molecular flexibility index (Phi) is 3.41. The quantitative estimate of drug-likeness (QED) is 0.942. The van der Waals surface area contributed by atoms with Gasteiger partial charge in [-0.3, -0.25) is 0 Å². The van der Waals surface area contributed by atoms with Gasteiger partial charge in [0.25, 0.3) is 0 Å². The van der Waals surface area contributed by atoms with Gasteiger partial charge in [0, 0.05) is 13.0 Å². The van der Waals surface area contributed by atoms with E-state index in [1.54, 1.807) is 4.68 Å². The Hall–Kier alpha value is -2.30. The van der Waals surface area contributed by atoms with Gasteiger partial charge in [0.15, 0.2) is 5.69 Å². The standard InChI is InChI=1S/C16H18N2O3/c1-3-11-4-6-12(7-5-11)13-14(16(19)20)17-18-9-8-10(2)21-15(13)18/h4-7,10H,3,8-9H2,1-2H3,(H,19,20). The molecule has 0 saturated heterocycles. The van der Waals surface area contributed by atoms with Crippen molar-refractivity contribution in [2.24, 2.45) is 0 Å². The van der Waals surface area contributed by atoms with Crippen molar-refractivity contribution in [3.8, 4) is 17.0 Å². The predicted octanol–water partition coefficient (Wildman–Crippen LogP) is 2.98. The average Bonchev–Trinajstić information content (AvgIpc) is 2.86. The molecule has 5 heteroatoms. The molecule has 0 amide bonds. The van der Waals surface area contributed by atoms with Gasteiger partial charge in [-0.15, -0.1) is 0 Å². The smallest absolute Gasteiger partial charge is 0.357 e. The molecule has 0 radical (unpaired) electrons. The van der Waals surface area contributed by atoms with Gasteiger partial charge >= 0.3 is 5.97 Å². The van der Waals surface area contributed by atoms with Crippen LogP contribution in [0.2, 0.25) is 0 Å². The monoisotopic (exact) mass is 286 g/mol. The molecule has 21 heavy (non-hydrogen) atoms. The highest BCUT2D eigenvalue weighted by Crippen LogP contribution is 2.36. The van der Waals surface area contributed by atoms with Crippen LogP contribution in [-0.2, 0) is 13.0 Å². The van der Waals surface area contributed by atoms with E-state index in [4.69, 9.17) is 4.74 Å². The SMILES string of the molecule is CCc1ccc(-c2c(C(=O)O)nn3c2OC(C)CC3)cc1. The summed E-state index contributed by atoms with van der Waals surface area (Å²) in [5.74, 6) is -0.460. The van der Waals surface area contributed by atoms with Gasteiger partial charge in [-0.2, -0.15) is 5.10 Å². The van der Waals surface area contributed by atoms with E-state index in [0.717, 1.165) is 18.4 Å². The molecule has 1 unspecified atom stereocenters. The Labute approximate surface area is 123 Å². The largest absolute Gasteiger partial charge is 0.476 e. The molecule has 5 nitrogen and oxygen atoms in total. The first-order valence-corrected chi connectivity index (χ1v) is 7.20. The summed E-state index contributed by atoms with van der Waals surface area (Å²) in [4.78, 5) is 11.5. The molecular weight excluding hydrogens is 268 g/mol. The third-order valence-electron chi connectivity index (χ3n) is 3.82. The van der Waals surface area contributed by atoms with Crippen LogP contribution in [-0.4, -0.2) is 27.0 Å². The lowest BCUT2D eigenvalue weighted by atomic mass is 10.0. The zero-order valence-corrected chi connectivity index (χ0v) is 12.2. The van der Waals surface area contributed by atoms with Crippen LogP contribution >= 0.6 is 0 Å². The van der Waals surface area contributed by atoms with Crippen LogP contribution in [0, 0.1) is 0 Å². The predicted molar refractivity (Wildman–Crippen MR) is 78.7 cm³/mol. The molecule has 3 rings (SSSR count). The maximum atomic E-state index is 11.5. The highest BCUT2D eigenvalue weighted by Gasteiger charge is 2.28. The first-order chi connectivity index (χ1) is 10.1. The number of hydrogen-bond donors (Lipinski definition) is 1. The topological polar surface area (TPSA) is 64.3 Å². The second-order valence-corrected chi connectivity index (χ2v) is 5.32. The second kappa shape index (κ2) is 5.24. The van der Waals surface area contributed by atoms with E-state index < -0.39 is 5.97 Å². The Morgan fingerprint density at radius 1 is 1.43 bits per heavy atom. The molecule has 110 valence electrons. The van der Waals surface area contributed by atoms with Crippen LogP contribution < -0.4 is 4.74 Å². The van der Waals surface area contributed by atoms with Crippen LogP contribution in [0.25, 0.3) is 11.1 Å². The van der Waals surface area contributed by atoms with Crippen LogP contribution in [0.15, 0.2) is 24.3 Å². The molecule has 0 saturated carbocycles. The summed E-state index contributed by atoms with van der Waals surface area (Å²) < 4.78 is 7.50. The zero-order valence-electron chi connectivity index (χ0n) is 12.2. The number of aromatic carboxylic acids is 1. The molecule has 0 aliphatic carbocycles. The van der Waals surface area contributed by atoms with Crippen molar-refractivity contribution < 1.29 is 14.6 Å². The summed E-state index contributed by atoms with van der Waals surface area (Å²) in [6.07, 6.45) is 1.86. The first kappa shape index (κ1) is 13.7. The van der Waals surface area contributed by atoms with E-state index in [9.17, 15) is 9.90 Å². The lowest BCUT2D eigenvalue weighted by molar-refractivity contribution is 0.0690. The van der Waals surface area contributed by atoms with E-state index in [1.165, 1.54) is 5.56 Å². The highest BCUT2D eigenvalue weighted by molar-refractivity contribution is 5.95. The molecule has 1 atom stereocenters. The normalized spacial score (nSPS) is 17.1. The summed E-state index contributed by atoms with van der Waals surface area (Å²) in [6.45, 7) is 4.76. The van der Waals surface area contributed by atoms with Crippen LogP contribution in [0.4, 0.5) is 0 Å². The zero-order chi connectivity index (χ0) is 15.0. The summed E-state index contributed by atoms with van der Waals surface area (Å²) in [5.41, 5.74) is 2.69. The van der Waals surface area contributed by atoms with Crippen LogP contribution in [0.3, 0.4) is 0 Å². The van der Waals surface area contributed by atoms with E-state index in [-0.39, 0.29) is 11.8 Å². The summed E-state index contributed by atoms with van der Waals surface area (Å²) in [5, 5.41) is 13.6. The average molecular weight is 286 g/mol. The molecule has 1 aromatic carbocycles. The fraction of sp³-hybridized carbons (Fsp3) is 0.375. The van der Waals surface area contributed by atoms with Gasteiger partial charge in [0.2, 0.25) is 5.88 Å². The molecule has 1 aromatic heterocycles. The molecule has 1 N–H and O–H groups in total. The Morgan fingerprint density at radius 3 is 2.76 bits per heavy atom. The lowest BCUT2D eigenvalue weighted by Crippen LogP contribution is -2.23. The van der Waals surface area contributed by atoms with E-state index in [1.807, 2.05) is 31.2 Å². The number of nitrogens with zero attached hydrogens (tertiary/aromatic N) is 2. The van der Waals surface area contributed by atoms with Gasteiger partial charge in [-0.05, 0) is 24.5 Å². The number of carboxylic acids is 1. The minimum absolute atomic E-state index is 0.0587. The van der Waals surface area contributed by atoms with Gasteiger partial charge in [-0.25, -0.2) is 9.48 Å². The minimum atomic E-state index is -1.03. The van der Waals surface area contributed by atoms with Crippen molar-refractivity contribution in [3.63, 3.8) is 0 Å². The molecule has 2 aromatic rings. The maximum Gasteiger partial charge on any atom is 0.357 e.